The molecule has 4 saturated carbocycles. The Labute approximate surface area is 203 Å². The minimum atomic E-state index is -0.372. The van der Waals surface area contributed by atoms with Gasteiger partial charge in [0.2, 0.25) is 0 Å². The summed E-state index contributed by atoms with van der Waals surface area (Å²) >= 11 is 9.80. The standard InChI is InChI=1S/C26H30BrClFNO2/c1-2-31-24-12-17(13-30-25-18-7-15-6-16(9-18)10-19(25)8-15)11-21(27)26(24)32-14-20-22(28)4-3-5-23(20)29/h3-5,11-12,15-16,18-19,25,30H,2,6-10,13-14H2,1H3. The summed E-state index contributed by atoms with van der Waals surface area (Å²) in [7, 11) is 0. The Hall–Kier alpha value is -1.30. The molecule has 32 heavy (non-hydrogen) atoms. The maximum Gasteiger partial charge on any atom is 0.175 e. The summed E-state index contributed by atoms with van der Waals surface area (Å²) in [5.41, 5.74) is 1.50. The van der Waals surface area contributed by atoms with Crippen molar-refractivity contribution in [2.24, 2.45) is 23.7 Å². The highest BCUT2D eigenvalue weighted by atomic mass is 79.9. The fourth-order valence-corrected chi connectivity index (χ4v) is 7.26. The van der Waals surface area contributed by atoms with E-state index in [0.29, 0.717) is 34.7 Å². The third kappa shape index (κ3) is 4.53. The monoisotopic (exact) mass is 521 g/mol. The molecule has 3 nitrogen and oxygen atoms in total. The summed E-state index contributed by atoms with van der Waals surface area (Å²) in [6.07, 6.45) is 7.10. The Morgan fingerprint density at radius 2 is 1.78 bits per heavy atom. The first-order valence-electron chi connectivity index (χ1n) is 11.8. The van der Waals surface area contributed by atoms with E-state index in [1.807, 2.05) is 13.0 Å². The van der Waals surface area contributed by atoms with Crippen LogP contribution in [0.25, 0.3) is 0 Å². The van der Waals surface area contributed by atoms with Crippen molar-refractivity contribution in [1.29, 1.82) is 0 Å². The number of hydrogen-bond donors (Lipinski definition) is 1. The Kier molecular flexibility index (Phi) is 6.69. The van der Waals surface area contributed by atoms with Crippen LogP contribution in [-0.4, -0.2) is 12.6 Å². The van der Waals surface area contributed by atoms with Crippen molar-refractivity contribution < 1.29 is 13.9 Å². The molecule has 0 spiro atoms. The van der Waals surface area contributed by atoms with Crippen LogP contribution in [-0.2, 0) is 13.2 Å². The molecule has 172 valence electrons. The Morgan fingerprint density at radius 1 is 1.06 bits per heavy atom. The van der Waals surface area contributed by atoms with Gasteiger partial charge in [0.25, 0.3) is 0 Å². The van der Waals surface area contributed by atoms with Gasteiger partial charge >= 0.3 is 0 Å². The molecule has 0 aromatic heterocycles. The summed E-state index contributed by atoms with van der Waals surface area (Å²) in [5, 5.41) is 4.24. The van der Waals surface area contributed by atoms with Gasteiger partial charge in [0.15, 0.2) is 11.5 Å². The van der Waals surface area contributed by atoms with Gasteiger partial charge in [-0.3, -0.25) is 0 Å². The zero-order chi connectivity index (χ0) is 22.2. The highest BCUT2D eigenvalue weighted by Crippen LogP contribution is 2.53. The highest BCUT2D eigenvalue weighted by Gasteiger charge is 2.47. The summed E-state index contributed by atoms with van der Waals surface area (Å²) in [4.78, 5) is 0. The largest absolute Gasteiger partial charge is 0.490 e. The quantitative estimate of drug-likeness (QED) is 0.400. The average Bonchev–Trinajstić information content (AvgIpc) is 2.74. The number of nitrogens with one attached hydrogen (secondary N) is 1. The van der Waals surface area contributed by atoms with Crippen LogP contribution in [0.15, 0.2) is 34.8 Å². The zero-order valence-corrected chi connectivity index (χ0v) is 20.7. The molecule has 2 aromatic rings. The van der Waals surface area contributed by atoms with Gasteiger partial charge in [0, 0.05) is 18.2 Å². The lowest BCUT2D eigenvalue weighted by atomic mass is 9.54. The Morgan fingerprint density at radius 3 is 2.44 bits per heavy atom. The first kappa shape index (κ1) is 22.5. The summed E-state index contributed by atoms with van der Waals surface area (Å²) in [5.74, 6) is 4.51. The van der Waals surface area contributed by atoms with Gasteiger partial charge in [-0.15, -0.1) is 0 Å². The first-order valence-corrected chi connectivity index (χ1v) is 12.9. The van der Waals surface area contributed by atoms with Gasteiger partial charge in [-0.25, -0.2) is 4.39 Å². The molecule has 0 radical (unpaired) electrons. The smallest absolute Gasteiger partial charge is 0.175 e. The Bertz CT molecular complexity index is 936. The number of hydrogen-bond acceptors (Lipinski definition) is 3. The predicted molar refractivity (Wildman–Crippen MR) is 129 cm³/mol. The lowest BCUT2D eigenvalue weighted by Gasteiger charge is -2.54. The fraction of sp³-hybridized carbons (Fsp3) is 0.538. The van der Waals surface area contributed by atoms with E-state index in [1.54, 1.807) is 12.1 Å². The normalized spacial score (nSPS) is 28.2. The van der Waals surface area contributed by atoms with E-state index in [2.05, 4.69) is 27.3 Å². The lowest BCUT2D eigenvalue weighted by molar-refractivity contribution is -0.0142. The van der Waals surface area contributed by atoms with Crippen molar-refractivity contribution >= 4 is 27.5 Å². The average molecular weight is 523 g/mol. The molecule has 6 rings (SSSR count). The molecular weight excluding hydrogens is 493 g/mol. The molecular formula is C26H30BrClFNO2. The molecule has 0 heterocycles. The Balaban J connectivity index is 1.29. The summed E-state index contributed by atoms with van der Waals surface area (Å²) < 4.78 is 26.8. The zero-order valence-electron chi connectivity index (χ0n) is 18.4. The van der Waals surface area contributed by atoms with E-state index in [4.69, 9.17) is 21.1 Å². The molecule has 0 amide bonds. The van der Waals surface area contributed by atoms with E-state index in [0.717, 1.165) is 40.3 Å². The van der Waals surface area contributed by atoms with E-state index in [-0.39, 0.29) is 12.4 Å². The van der Waals surface area contributed by atoms with Crippen LogP contribution in [0.4, 0.5) is 4.39 Å². The predicted octanol–water partition coefficient (Wildman–Crippen LogP) is 7.13. The van der Waals surface area contributed by atoms with Crippen molar-refractivity contribution in [3.05, 3.63) is 56.8 Å². The number of ether oxygens (including phenoxy) is 2. The molecule has 6 heteroatoms. The van der Waals surface area contributed by atoms with Crippen molar-refractivity contribution in [2.45, 2.75) is 58.2 Å². The lowest BCUT2D eigenvalue weighted by Crippen LogP contribution is -2.54. The number of benzene rings is 2. The van der Waals surface area contributed by atoms with Gasteiger partial charge in [-0.05, 0) is 108 Å². The highest BCUT2D eigenvalue weighted by molar-refractivity contribution is 9.10. The molecule has 0 unspecified atom stereocenters. The van der Waals surface area contributed by atoms with Crippen molar-refractivity contribution in [3.63, 3.8) is 0 Å². The molecule has 4 bridgehead atoms. The van der Waals surface area contributed by atoms with Crippen LogP contribution < -0.4 is 14.8 Å². The molecule has 4 aliphatic rings. The van der Waals surface area contributed by atoms with Crippen LogP contribution in [0.1, 0.15) is 50.2 Å². The third-order valence-electron chi connectivity index (χ3n) is 7.56. The topological polar surface area (TPSA) is 30.5 Å². The molecule has 4 fully saturated rings. The molecule has 0 aliphatic heterocycles. The second-order valence-corrected chi connectivity index (χ2v) is 10.9. The van der Waals surface area contributed by atoms with Gasteiger partial charge in [0.1, 0.15) is 12.4 Å². The number of rotatable bonds is 8. The van der Waals surface area contributed by atoms with Gasteiger partial charge in [-0.1, -0.05) is 17.7 Å². The second-order valence-electron chi connectivity index (χ2n) is 9.66. The molecule has 2 aromatic carbocycles. The molecule has 0 saturated heterocycles. The molecule has 0 atom stereocenters. The van der Waals surface area contributed by atoms with Crippen LogP contribution >= 0.6 is 27.5 Å². The van der Waals surface area contributed by atoms with E-state index >= 15 is 0 Å². The van der Waals surface area contributed by atoms with Crippen LogP contribution in [0.2, 0.25) is 5.02 Å². The van der Waals surface area contributed by atoms with Crippen molar-refractivity contribution in [3.8, 4) is 11.5 Å². The van der Waals surface area contributed by atoms with Crippen LogP contribution in [0.5, 0.6) is 11.5 Å². The van der Waals surface area contributed by atoms with E-state index in [1.165, 1.54) is 38.2 Å². The maximum atomic E-state index is 14.2. The van der Waals surface area contributed by atoms with Gasteiger partial charge in [0.05, 0.1) is 16.1 Å². The van der Waals surface area contributed by atoms with Crippen molar-refractivity contribution in [2.75, 3.05) is 6.61 Å². The third-order valence-corrected chi connectivity index (χ3v) is 8.50. The SMILES string of the molecule is CCOc1cc(CNC2C3CC4CC(C3)CC2C4)cc(Br)c1OCc1c(F)cccc1Cl. The van der Waals surface area contributed by atoms with E-state index < -0.39 is 0 Å². The van der Waals surface area contributed by atoms with Crippen LogP contribution in [0, 0.1) is 29.5 Å². The number of halogens is 3. The van der Waals surface area contributed by atoms with Crippen LogP contribution in [0.3, 0.4) is 0 Å². The molecule has 1 N–H and O–H groups in total. The second kappa shape index (κ2) is 9.52. The minimum absolute atomic E-state index is 0.0372. The van der Waals surface area contributed by atoms with Gasteiger partial charge in [-0.2, -0.15) is 0 Å². The fourth-order valence-electron chi connectivity index (χ4n) is 6.44. The summed E-state index contributed by atoms with van der Waals surface area (Å²) in [6.45, 7) is 3.32. The summed E-state index contributed by atoms with van der Waals surface area (Å²) in [6, 6.07) is 9.40. The minimum Gasteiger partial charge on any atom is -0.490 e. The molecule has 4 aliphatic carbocycles. The van der Waals surface area contributed by atoms with Gasteiger partial charge < -0.3 is 14.8 Å². The maximum absolute atomic E-state index is 14.2. The van der Waals surface area contributed by atoms with E-state index in [9.17, 15) is 4.39 Å². The first-order chi connectivity index (χ1) is 15.5. The van der Waals surface area contributed by atoms with Crippen molar-refractivity contribution in [1.82, 2.24) is 5.32 Å².